The average Bonchev–Trinajstić information content (AvgIpc) is 3.05. The number of nitrogens with zero attached hydrogens (tertiary/aromatic N) is 5. The molecule has 0 amide bonds. The van der Waals surface area contributed by atoms with E-state index >= 15 is 0 Å². The summed E-state index contributed by atoms with van der Waals surface area (Å²) in [5.41, 5.74) is 1.81. The monoisotopic (exact) mass is 274 g/mol. The molecular weight excluding hydrogens is 260 g/mol. The minimum Gasteiger partial charge on any atom is -0.310 e. The van der Waals surface area contributed by atoms with E-state index in [2.05, 4.69) is 32.7 Å². The molecule has 1 aromatic carbocycles. The molecule has 0 aliphatic carbocycles. The maximum Gasteiger partial charge on any atom is 0.234 e. The molecule has 98 valence electrons. The van der Waals surface area contributed by atoms with E-state index < -0.39 is 0 Å². The first-order valence-electron chi connectivity index (χ1n) is 6.22. The minimum absolute atomic E-state index is 0.748. The fourth-order valence-corrected chi connectivity index (χ4v) is 2.55. The van der Waals surface area contributed by atoms with Crippen molar-refractivity contribution in [2.24, 2.45) is 0 Å². The highest BCUT2D eigenvalue weighted by Gasteiger charge is 2.10. The number of hydrogen-bond donors (Lipinski definition) is 1. The summed E-state index contributed by atoms with van der Waals surface area (Å²) >= 11 is 1.53. The molecule has 0 aliphatic rings. The maximum atomic E-state index is 4.18. The van der Waals surface area contributed by atoms with Crippen LogP contribution in [0.1, 0.15) is 18.4 Å². The Bertz CT molecular complexity index is 673. The van der Waals surface area contributed by atoms with Crippen molar-refractivity contribution in [3.05, 3.63) is 29.3 Å². The molecule has 3 rings (SSSR count). The molecule has 0 aliphatic heterocycles. The lowest BCUT2D eigenvalue weighted by Gasteiger charge is -1.96. The topological polar surface area (TPSA) is 68.5 Å². The predicted molar refractivity (Wildman–Crippen MR) is 74.3 cm³/mol. The van der Waals surface area contributed by atoms with Gasteiger partial charge >= 0.3 is 0 Å². The van der Waals surface area contributed by atoms with E-state index in [1.54, 1.807) is 4.68 Å². The lowest BCUT2D eigenvalue weighted by Crippen LogP contribution is -2.13. The molecule has 0 saturated heterocycles. The van der Waals surface area contributed by atoms with Crippen molar-refractivity contribution >= 4 is 22.4 Å². The lowest BCUT2D eigenvalue weighted by atomic mass is 10.3. The van der Waals surface area contributed by atoms with Crippen LogP contribution in [0.2, 0.25) is 0 Å². The Balaban J connectivity index is 1.86. The van der Waals surface area contributed by atoms with Crippen LogP contribution in [-0.2, 0) is 6.54 Å². The molecule has 6 nitrogen and oxygen atoms in total. The zero-order valence-corrected chi connectivity index (χ0v) is 11.4. The van der Waals surface area contributed by atoms with Crippen LogP contribution in [0.15, 0.2) is 24.3 Å². The number of para-hydroxylation sites is 1. The van der Waals surface area contributed by atoms with E-state index in [9.17, 15) is 0 Å². The Kier molecular flexibility index (Phi) is 3.47. The van der Waals surface area contributed by atoms with Crippen LogP contribution < -0.4 is 5.32 Å². The molecule has 0 fully saturated rings. The Morgan fingerprint density at radius 2 is 2.11 bits per heavy atom. The van der Waals surface area contributed by atoms with Crippen LogP contribution in [0.5, 0.6) is 0 Å². The highest BCUT2D eigenvalue weighted by atomic mass is 32.1. The van der Waals surface area contributed by atoms with Crippen molar-refractivity contribution in [2.75, 3.05) is 6.54 Å². The Hall–Kier alpha value is -1.86. The smallest absolute Gasteiger partial charge is 0.234 e. The summed E-state index contributed by atoms with van der Waals surface area (Å²) in [6.45, 7) is 3.87. The second-order valence-electron chi connectivity index (χ2n) is 4.15. The largest absolute Gasteiger partial charge is 0.310 e. The summed E-state index contributed by atoms with van der Waals surface area (Å²) < 4.78 is 1.73. The van der Waals surface area contributed by atoms with Gasteiger partial charge in [-0.3, -0.25) is 0 Å². The third-order valence-electron chi connectivity index (χ3n) is 2.69. The molecule has 0 atom stereocenters. The van der Waals surface area contributed by atoms with Crippen molar-refractivity contribution in [3.63, 3.8) is 0 Å². The van der Waals surface area contributed by atoms with Crippen LogP contribution in [0.4, 0.5) is 0 Å². The number of hydrogen-bond acceptors (Lipinski definition) is 6. The molecular formula is C12H14N6S. The summed E-state index contributed by atoms with van der Waals surface area (Å²) in [6, 6.07) is 7.82. The van der Waals surface area contributed by atoms with Crippen molar-refractivity contribution in [2.45, 2.75) is 19.9 Å². The molecule has 0 spiro atoms. The molecule has 2 heterocycles. The molecule has 0 bridgehead atoms. The Labute approximate surface area is 114 Å². The van der Waals surface area contributed by atoms with E-state index in [0.29, 0.717) is 0 Å². The summed E-state index contributed by atoms with van der Waals surface area (Å²) in [7, 11) is 0. The second-order valence-corrected chi connectivity index (χ2v) is 5.19. The van der Waals surface area contributed by atoms with Gasteiger partial charge in [-0.15, -0.1) is 15.3 Å². The normalized spacial score (nSPS) is 11.2. The maximum absolute atomic E-state index is 4.18. The van der Waals surface area contributed by atoms with E-state index in [-0.39, 0.29) is 0 Å². The van der Waals surface area contributed by atoms with Gasteiger partial charge in [0.2, 0.25) is 5.13 Å². The summed E-state index contributed by atoms with van der Waals surface area (Å²) in [6.07, 6.45) is 1.11. The number of nitrogens with one attached hydrogen (secondary N) is 1. The van der Waals surface area contributed by atoms with Gasteiger partial charge in [-0.1, -0.05) is 35.6 Å². The van der Waals surface area contributed by atoms with Crippen molar-refractivity contribution in [1.29, 1.82) is 0 Å². The molecule has 3 aromatic rings. The van der Waals surface area contributed by atoms with Crippen molar-refractivity contribution in [3.8, 4) is 5.13 Å². The van der Waals surface area contributed by atoms with Gasteiger partial charge in [0.25, 0.3) is 0 Å². The summed E-state index contributed by atoms with van der Waals surface area (Å²) in [4.78, 5) is 0. The summed E-state index contributed by atoms with van der Waals surface area (Å²) in [5, 5.41) is 21.6. The van der Waals surface area contributed by atoms with Gasteiger partial charge in [0.15, 0.2) is 0 Å². The third-order valence-corrected chi connectivity index (χ3v) is 3.59. The van der Waals surface area contributed by atoms with Crippen molar-refractivity contribution in [1.82, 2.24) is 30.5 Å². The fraction of sp³-hybridized carbons (Fsp3) is 0.333. The lowest BCUT2D eigenvalue weighted by molar-refractivity contribution is 0.667. The molecule has 2 aromatic heterocycles. The van der Waals surface area contributed by atoms with E-state index in [4.69, 9.17) is 0 Å². The van der Waals surface area contributed by atoms with Gasteiger partial charge < -0.3 is 5.32 Å². The quantitative estimate of drug-likeness (QED) is 0.718. The van der Waals surface area contributed by atoms with Crippen molar-refractivity contribution < 1.29 is 0 Å². The zero-order valence-electron chi connectivity index (χ0n) is 10.6. The minimum atomic E-state index is 0.748. The molecule has 0 radical (unpaired) electrons. The zero-order chi connectivity index (χ0) is 13.1. The first-order chi connectivity index (χ1) is 9.38. The standard InChI is InChI=1S/C12H14N6S/c1-2-7-13-8-11-15-16-12(19-11)18-10-6-4-3-5-9(10)14-17-18/h3-6,13H,2,7-8H2,1H3. The van der Waals surface area contributed by atoms with E-state index in [1.807, 2.05) is 24.3 Å². The van der Waals surface area contributed by atoms with Gasteiger partial charge in [0.05, 0.1) is 5.52 Å². The molecule has 0 unspecified atom stereocenters. The summed E-state index contributed by atoms with van der Waals surface area (Å²) in [5.74, 6) is 0. The molecule has 7 heteroatoms. The van der Waals surface area contributed by atoms with Crippen LogP contribution in [0.25, 0.3) is 16.2 Å². The first kappa shape index (κ1) is 12.2. The third kappa shape index (κ3) is 2.47. The SMILES string of the molecule is CCCNCc1nnc(-n2nnc3ccccc32)s1. The van der Waals surface area contributed by atoms with Gasteiger partial charge in [-0.2, -0.15) is 4.68 Å². The Morgan fingerprint density at radius 3 is 3.00 bits per heavy atom. The number of aromatic nitrogens is 5. The van der Waals surface area contributed by atoms with Crippen LogP contribution in [0, 0.1) is 0 Å². The van der Waals surface area contributed by atoms with Crippen LogP contribution in [-0.4, -0.2) is 31.7 Å². The molecule has 19 heavy (non-hydrogen) atoms. The highest BCUT2D eigenvalue weighted by molar-refractivity contribution is 7.13. The molecule has 0 saturated carbocycles. The molecule has 1 N–H and O–H groups in total. The fourth-order valence-electron chi connectivity index (χ4n) is 1.78. The van der Waals surface area contributed by atoms with E-state index in [0.717, 1.165) is 40.7 Å². The average molecular weight is 274 g/mol. The van der Waals surface area contributed by atoms with E-state index in [1.165, 1.54) is 11.3 Å². The van der Waals surface area contributed by atoms with Gasteiger partial charge in [-0.25, -0.2) is 0 Å². The van der Waals surface area contributed by atoms with Gasteiger partial charge in [0, 0.05) is 6.54 Å². The second kappa shape index (κ2) is 5.41. The van der Waals surface area contributed by atoms with Crippen LogP contribution >= 0.6 is 11.3 Å². The van der Waals surface area contributed by atoms with Gasteiger partial charge in [0.1, 0.15) is 10.5 Å². The number of rotatable bonds is 5. The highest BCUT2D eigenvalue weighted by Crippen LogP contribution is 2.18. The number of fused-ring (bicyclic) bond motifs is 1. The van der Waals surface area contributed by atoms with Gasteiger partial charge in [-0.05, 0) is 25.1 Å². The van der Waals surface area contributed by atoms with Crippen LogP contribution in [0.3, 0.4) is 0 Å². The first-order valence-corrected chi connectivity index (χ1v) is 7.04. The Morgan fingerprint density at radius 1 is 1.21 bits per heavy atom. The predicted octanol–water partition coefficient (Wildman–Crippen LogP) is 1.77. The number of benzene rings is 1.